The van der Waals surface area contributed by atoms with Crippen LogP contribution in [0.1, 0.15) is 24.0 Å². The van der Waals surface area contributed by atoms with E-state index in [-0.39, 0.29) is 5.82 Å². The molecule has 2 aromatic carbocycles. The zero-order valence-electron chi connectivity index (χ0n) is 12.4. The van der Waals surface area contributed by atoms with Crippen molar-refractivity contribution in [1.29, 1.82) is 0 Å². The third kappa shape index (κ3) is 2.77. The summed E-state index contributed by atoms with van der Waals surface area (Å²) in [6, 6.07) is 16.0. The van der Waals surface area contributed by atoms with E-state index in [1.807, 2.05) is 12.1 Å². The van der Waals surface area contributed by atoms with Gasteiger partial charge in [0.15, 0.2) is 0 Å². The van der Waals surface area contributed by atoms with E-state index in [2.05, 4.69) is 40.3 Å². The quantitative estimate of drug-likeness (QED) is 0.750. The Bertz CT molecular complexity index is 785. The first-order valence-electron chi connectivity index (χ1n) is 7.84. The molecule has 0 radical (unpaired) electrons. The first-order chi connectivity index (χ1) is 10.8. The van der Waals surface area contributed by atoms with Crippen LogP contribution >= 0.6 is 0 Å². The lowest BCUT2D eigenvalue weighted by Crippen LogP contribution is -2.14. The van der Waals surface area contributed by atoms with Gasteiger partial charge in [-0.1, -0.05) is 30.3 Å². The number of nitrogens with zero attached hydrogens (tertiary/aromatic N) is 1. The molecule has 1 N–H and O–H groups in total. The molecule has 22 heavy (non-hydrogen) atoms. The zero-order chi connectivity index (χ0) is 14.9. The van der Waals surface area contributed by atoms with Gasteiger partial charge in [-0.05, 0) is 42.2 Å². The van der Waals surface area contributed by atoms with E-state index in [9.17, 15) is 4.39 Å². The van der Waals surface area contributed by atoms with Crippen molar-refractivity contribution in [3.8, 4) is 0 Å². The number of nitrogens with one attached hydrogen (secondary N) is 1. The van der Waals surface area contributed by atoms with Crippen LogP contribution in [0.4, 0.5) is 4.39 Å². The Hall–Kier alpha value is -2.13. The number of hydrogen-bond donors (Lipinski definition) is 1. The zero-order valence-corrected chi connectivity index (χ0v) is 12.4. The van der Waals surface area contributed by atoms with Crippen molar-refractivity contribution in [2.45, 2.75) is 32.0 Å². The predicted molar refractivity (Wildman–Crippen MR) is 87.3 cm³/mol. The lowest BCUT2D eigenvalue weighted by atomic mass is 10.2. The summed E-state index contributed by atoms with van der Waals surface area (Å²) in [4.78, 5) is 0. The highest BCUT2D eigenvalue weighted by Crippen LogP contribution is 2.24. The molecule has 112 valence electrons. The van der Waals surface area contributed by atoms with Crippen LogP contribution in [0.5, 0.6) is 0 Å². The maximum Gasteiger partial charge on any atom is 0.123 e. The van der Waals surface area contributed by atoms with Gasteiger partial charge in [-0.3, -0.25) is 0 Å². The lowest BCUT2D eigenvalue weighted by molar-refractivity contribution is 0.626. The second kappa shape index (κ2) is 5.58. The third-order valence-corrected chi connectivity index (χ3v) is 4.30. The van der Waals surface area contributed by atoms with Gasteiger partial charge < -0.3 is 9.88 Å². The molecule has 4 rings (SSSR count). The maximum atomic E-state index is 13.0. The fraction of sp³-hybridized carbons (Fsp3) is 0.263. The van der Waals surface area contributed by atoms with Crippen molar-refractivity contribution in [2.75, 3.05) is 0 Å². The van der Waals surface area contributed by atoms with Crippen molar-refractivity contribution >= 4 is 10.9 Å². The van der Waals surface area contributed by atoms with Crippen molar-refractivity contribution in [3.05, 3.63) is 71.7 Å². The van der Waals surface area contributed by atoms with Gasteiger partial charge >= 0.3 is 0 Å². The topological polar surface area (TPSA) is 17.0 Å². The highest BCUT2D eigenvalue weighted by Gasteiger charge is 2.20. The van der Waals surface area contributed by atoms with Crippen LogP contribution in [0.3, 0.4) is 0 Å². The van der Waals surface area contributed by atoms with Crippen molar-refractivity contribution in [3.63, 3.8) is 0 Å². The van der Waals surface area contributed by atoms with Gasteiger partial charge in [0.25, 0.3) is 0 Å². The largest absolute Gasteiger partial charge is 0.343 e. The van der Waals surface area contributed by atoms with E-state index in [0.29, 0.717) is 6.04 Å². The fourth-order valence-corrected chi connectivity index (χ4v) is 2.92. The molecule has 1 aliphatic carbocycles. The summed E-state index contributed by atoms with van der Waals surface area (Å²) in [5, 5.41) is 4.89. The number of aromatic nitrogens is 1. The van der Waals surface area contributed by atoms with E-state index in [4.69, 9.17) is 0 Å². The Kier molecular flexibility index (Phi) is 3.43. The minimum Gasteiger partial charge on any atom is -0.343 e. The molecule has 1 fully saturated rings. The molecule has 0 atom stereocenters. The van der Waals surface area contributed by atoms with Crippen LogP contribution in [-0.2, 0) is 13.1 Å². The van der Waals surface area contributed by atoms with Crippen LogP contribution in [0.25, 0.3) is 10.9 Å². The summed E-state index contributed by atoms with van der Waals surface area (Å²) in [7, 11) is 0. The van der Waals surface area contributed by atoms with E-state index in [1.54, 1.807) is 0 Å². The molecule has 1 aliphatic rings. The van der Waals surface area contributed by atoms with Crippen molar-refractivity contribution in [1.82, 2.24) is 9.88 Å². The molecule has 0 amide bonds. The summed E-state index contributed by atoms with van der Waals surface area (Å²) >= 11 is 0. The van der Waals surface area contributed by atoms with Crippen molar-refractivity contribution in [2.24, 2.45) is 0 Å². The number of hydrogen-bond acceptors (Lipinski definition) is 1. The third-order valence-electron chi connectivity index (χ3n) is 4.30. The van der Waals surface area contributed by atoms with Gasteiger partial charge in [-0.15, -0.1) is 0 Å². The van der Waals surface area contributed by atoms with Crippen LogP contribution in [0.2, 0.25) is 0 Å². The first kappa shape index (κ1) is 13.5. The molecule has 1 aromatic heterocycles. The maximum absolute atomic E-state index is 13.0. The van der Waals surface area contributed by atoms with Crippen LogP contribution in [-0.4, -0.2) is 10.6 Å². The average molecular weight is 294 g/mol. The Morgan fingerprint density at radius 1 is 1.05 bits per heavy atom. The molecule has 0 unspecified atom stereocenters. The fourth-order valence-electron chi connectivity index (χ4n) is 2.92. The van der Waals surface area contributed by atoms with Crippen LogP contribution in [0, 0.1) is 5.82 Å². The highest BCUT2D eigenvalue weighted by molar-refractivity contribution is 5.84. The molecule has 0 spiro atoms. The van der Waals surface area contributed by atoms with E-state index >= 15 is 0 Å². The van der Waals surface area contributed by atoms with Gasteiger partial charge in [-0.25, -0.2) is 4.39 Å². The summed E-state index contributed by atoms with van der Waals surface area (Å²) < 4.78 is 15.3. The minimum absolute atomic E-state index is 0.185. The molecule has 3 heteroatoms. The highest BCUT2D eigenvalue weighted by atomic mass is 19.1. The van der Waals surface area contributed by atoms with Crippen LogP contribution < -0.4 is 5.32 Å². The smallest absolute Gasteiger partial charge is 0.123 e. The molecule has 3 aromatic rings. The number of rotatable bonds is 5. The molecule has 0 saturated heterocycles. The summed E-state index contributed by atoms with van der Waals surface area (Å²) in [5.74, 6) is -0.185. The molecule has 1 saturated carbocycles. The number of fused-ring (bicyclic) bond motifs is 1. The second-order valence-corrected chi connectivity index (χ2v) is 6.08. The Balaban J connectivity index is 1.65. The van der Waals surface area contributed by atoms with Gasteiger partial charge in [0.05, 0.1) is 0 Å². The summed E-state index contributed by atoms with van der Waals surface area (Å²) in [6.07, 6.45) is 4.83. The molecule has 2 nitrogen and oxygen atoms in total. The van der Waals surface area contributed by atoms with E-state index in [1.165, 1.54) is 41.4 Å². The van der Waals surface area contributed by atoms with E-state index < -0.39 is 0 Å². The number of benzene rings is 2. The molecule has 1 heterocycles. The SMILES string of the molecule is Fc1ccc(Cn2cc(CNC3CC3)c3ccccc32)cc1. The summed E-state index contributed by atoms with van der Waals surface area (Å²) in [5.41, 5.74) is 3.69. The first-order valence-corrected chi connectivity index (χ1v) is 7.84. The predicted octanol–water partition coefficient (Wildman–Crippen LogP) is 4.08. The number of halogens is 1. The molecule has 0 aliphatic heterocycles. The second-order valence-electron chi connectivity index (χ2n) is 6.08. The molecule has 0 bridgehead atoms. The lowest BCUT2D eigenvalue weighted by Gasteiger charge is -2.05. The Labute approximate surface area is 129 Å². The van der Waals surface area contributed by atoms with Crippen molar-refractivity contribution < 1.29 is 4.39 Å². The average Bonchev–Trinajstić information content (AvgIpc) is 3.31. The van der Waals surface area contributed by atoms with Gasteiger partial charge in [0.1, 0.15) is 5.82 Å². The summed E-state index contributed by atoms with van der Waals surface area (Å²) in [6.45, 7) is 1.69. The monoisotopic (exact) mass is 294 g/mol. The standard InChI is InChI=1S/C19H19FN2/c20-16-7-5-14(6-8-16)12-22-13-15(11-21-17-9-10-17)18-3-1-2-4-19(18)22/h1-8,13,17,21H,9-12H2. The number of para-hydroxylation sites is 1. The van der Waals surface area contributed by atoms with Crippen LogP contribution in [0.15, 0.2) is 54.7 Å². The minimum atomic E-state index is -0.185. The molecular formula is C19H19FN2. The van der Waals surface area contributed by atoms with Gasteiger partial charge in [0.2, 0.25) is 0 Å². The van der Waals surface area contributed by atoms with Gasteiger partial charge in [-0.2, -0.15) is 0 Å². The normalized spacial score (nSPS) is 14.6. The Morgan fingerprint density at radius 3 is 2.59 bits per heavy atom. The Morgan fingerprint density at radius 2 is 1.82 bits per heavy atom. The molecular weight excluding hydrogens is 275 g/mol. The van der Waals surface area contributed by atoms with Gasteiger partial charge in [0, 0.05) is 36.2 Å². The van der Waals surface area contributed by atoms with E-state index in [0.717, 1.165) is 18.7 Å².